The van der Waals surface area contributed by atoms with Crippen LogP contribution in [-0.2, 0) is 4.79 Å². The van der Waals surface area contributed by atoms with Crippen LogP contribution in [0.4, 0.5) is 11.4 Å². The minimum absolute atomic E-state index is 0.193. The highest BCUT2D eigenvalue weighted by molar-refractivity contribution is 6.04. The lowest BCUT2D eigenvalue weighted by Crippen LogP contribution is -2.30. The van der Waals surface area contributed by atoms with Crippen molar-refractivity contribution in [3.8, 4) is 17.2 Å². The number of hydrogen-bond acceptors (Lipinski definition) is 5. The van der Waals surface area contributed by atoms with Crippen molar-refractivity contribution in [2.75, 3.05) is 23.8 Å². The van der Waals surface area contributed by atoms with Gasteiger partial charge in [0.1, 0.15) is 19.0 Å². The number of amides is 2. The molecule has 0 radical (unpaired) electrons. The second-order valence-electron chi connectivity index (χ2n) is 6.95. The van der Waals surface area contributed by atoms with E-state index in [1.54, 1.807) is 61.5 Å². The van der Waals surface area contributed by atoms with Gasteiger partial charge in [-0.3, -0.25) is 9.59 Å². The van der Waals surface area contributed by atoms with Crippen molar-refractivity contribution < 1.29 is 23.8 Å². The average Bonchev–Trinajstić information content (AvgIpc) is 2.80. The second-order valence-corrected chi connectivity index (χ2v) is 6.95. The molecular formula is C24H22N2O5. The standard InChI is InChI=1S/C24H22N2O5/c1-16(23(27)26-19-9-12-21-22(15-19)30-14-13-29-21)31-20-10-7-18(8-11-20)25-24(28)17-5-3-2-4-6-17/h2-12,15-16H,13-14H2,1H3,(H,25,28)(H,26,27)/t16-/m0/s1. The Hall–Kier alpha value is -4.00. The van der Waals surface area contributed by atoms with Crippen LogP contribution in [0.15, 0.2) is 72.8 Å². The summed E-state index contributed by atoms with van der Waals surface area (Å²) in [6, 6.07) is 21.1. The topological polar surface area (TPSA) is 85.9 Å². The summed E-state index contributed by atoms with van der Waals surface area (Å²) in [5, 5.41) is 5.63. The third kappa shape index (κ3) is 5.14. The first-order valence-electron chi connectivity index (χ1n) is 9.92. The van der Waals surface area contributed by atoms with E-state index in [-0.39, 0.29) is 11.8 Å². The molecule has 1 atom stereocenters. The molecule has 31 heavy (non-hydrogen) atoms. The highest BCUT2D eigenvalue weighted by Crippen LogP contribution is 2.32. The molecule has 0 aromatic heterocycles. The van der Waals surface area contributed by atoms with Crippen LogP contribution in [0, 0.1) is 0 Å². The van der Waals surface area contributed by atoms with Crippen LogP contribution >= 0.6 is 0 Å². The maximum atomic E-state index is 12.5. The zero-order valence-corrected chi connectivity index (χ0v) is 17.0. The summed E-state index contributed by atoms with van der Waals surface area (Å²) in [6.07, 6.45) is -0.724. The van der Waals surface area contributed by atoms with Gasteiger partial charge in [-0.2, -0.15) is 0 Å². The number of fused-ring (bicyclic) bond motifs is 1. The van der Waals surface area contributed by atoms with Gasteiger partial charge >= 0.3 is 0 Å². The number of rotatable bonds is 6. The fourth-order valence-corrected chi connectivity index (χ4v) is 3.03. The van der Waals surface area contributed by atoms with E-state index in [0.29, 0.717) is 47.4 Å². The Morgan fingerprint density at radius 3 is 2.26 bits per heavy atom. The number of ether oxygens (including phenoxy) is 3. The Balaban J connectivity index is 1.32. The molecule has 3 aromatic rings. The minimum Gasteiger partial charge on any atom is -0.486 e. The third-order valence-corrected chi connectivity index (χ3v) is 4.64. The number of benzene rings is 3. The number of anilines is 2. The summed E-state index contributed by atoms with van der Waals surface area (Å²) in [4.78, 5) is 24.7. The summed E-state index contributed by atoms with van der Waals surface area (Å²) < 4.78 is 16.7. The lowest BCUT2D eigenvalue weighted by molar-refractivity contribution is -0.122. The van der Waals surface area contributed by atoms with Crippen molar-refractivity contribution in [2.24, 2.45) is 0 Å². The first-order chi connectivity index (χ1) is 15.1. The van der Waals surface area contributed by atoms with Crippen LogP contribution in [0.5, 0.6) is 17.2 Å². The van der Waals surface area contributed by atoms with E-state index in [2.05, 4.69) is 10.6 Å². The molecule has 7 heteroatoms. The summed E-state index contributed by atoms with van der Waals surface area (Å²) in [6.45, 7) is 2.66. The van der Waals surface area contributed by atoms with Crippen molar-refractivity contribution in [1.29, 1.82) is 0 Å². The van der Waals surface area contributed by atoms with Crippen LogP contribution in [0.2, 0.25) is 0 Å². The Bertz CT molecular complexity index is 1070. The van der Waals surface area contributed by atoms with Crippen molar-refractivity contribution in [1.82, 2.24) is 0 Å². The van der Waals surface area contributed by atoms with Gasteiger partial charge in [0.25, 0.3) is 11.8 Å². The molecule has 0 saturated heterocycles. The smallest absolute Gasteiger partial charge is 0.265 e. The van der Waals surface area contributed by atoms with E-state index in [1.165, 1.54) is 0 Å². The Labute approximate surface area is 179 Å². The maximum absolute atomic E-state index is 12.5. The molecule has 0 bridgehead atoms. The summed E-state index contributed by atoms with van der Waals surface area (Å²) in [7, 11) is 0. The lowest BCUT2D eigenvalue weighted by Gasteiger charge is -2.20. The molecular weight excluding hydrogens is 396 g/mol. The number of hydrogen-bond donors (Lipinski definition) is 2. The molecule has 0 unspecified atom stereocenters. The minimum atomic E-state index is -0.724. The van der Waals surface area contributed by atoms with Crippen molar-refractivity contribution in [3.63, 3.8) is 0 Å². The van der Waals surface area contributed by atoms with Gasteiger partial charge in [-0.05, 0) is 55.5 Å². The zero-order valence-electron chi connectivity index (χ0n) is 17.0. The molecule has 0 saturated carbocycles. The van der Waals surface area contributed by atoms with Gasteiger partial charge < -0.3 is 24.8 Å². The molecule has 0 aliphatic carbocycles. The van der Waals surface area contributed by atoms with E-state index in [1.807, 2.05) is 18.2 Å². The SMILES string of the molecule is C[C@H](Oc1ccc(NC(=O)c2ccccc2)cc1)C(=O)Nc1ccc2c(c1)OCCO2. The number of carbonyl (C=O) groups excluding carboxylic acids is 2. The fraction of sp³-hybridized carbons (Fsp3) is 0.167. The third-order valence-electron chi connectivity index (χ3n) is 4.64. The summed E-state index contributed by atoms with van der Waals surface area (Å²) in [5.41, 5.74) is 1.81. The molecule has 3 aromatic carbocycles. The molecule has 0 fully saturated rings. The molecule has 4 rings (SSSR count). The predicted octanol–water partition coefficient (Wildman–Crippen LogP) is 4.12. The lowest BCUT2D eigenvalue weighted by atomic mass is 10.2. The Morgan fingerprint density at radius 2 is 1.52 bits per heavy atom. The largest absolute Gasteiger partial charge is 0.486 e. The Kier molecular flexibility index (Phi) is 6.03. The molecule has 2 amide bonds. The van der Waals surface area contributed by atoms with E-state index in [4.69, 9.17) is 14.2 Å². The molecule has 1 aliphatic heterocycles. The van der Waals surface area contributed by atoms with E-state index >= 15 is 0 Å². The monoisotopic (exact) mass is 418 g/mol. The molecule has 1 heterocycles. The molecule has 7 nitrogen and oxygen atoms in total. The first-order valence-corrected chi connectivity index (χ1v) is 9.92. The van der Waals surface area contributed by atoms with Crippen LogP contribution in [-0.4, -0.2) is 31.1 Å². The van der Waals surface area contributed by atoms with Gasteiger partial charge in [0, 0.05) is 23.0 Å². The van der Waals surface area contributed by atoms with Crippen molar-refractivity contribution >= 4 is 23.2 Å². The quantitative estimate of drug-likeness (QED) is 0.629. The average molecular weight is 418 g/mol. The van der Waals surface area contributed by atoms with Crippen LogP contribution in [0.25, 0.3) is 0 Å². The van der Waals surface area contributed by atoms with Gasteiger partial charge in [-0.25, -0.2) is 0 Å². The van der Waals surface area contributed by atoms with Gasteiger partial charge in [0.15, 0.2) is 17.6 Å². The van der Waals surface area contributed by atoms with Gasteiger partial charge in [0.05, 0.1) is 0 Å². The highest BCUT2D eigenvalue weighted by Gasteiger charge is 2.17. The molecule has 158 valence electrons. The van der Waals surface area contributed by atoms with Crippen LogP contribution in [0.3, 0.4) is 0 Å². The van der Waals surface area contributed by atoms with E-state index < -0.39 is 6.10 Å². The normalized spacial score (nSPS) is 13.1. The van der Waals surface area contributed by atoms with Gasteiger partial charge in [-0.1, -0.05) is 18.2 Å². The number of nitrogens with one attached hydrogen (secondary N) is 2. The zero-order chi connectivity index (χ0) is 21.6. The maximum Gasteiger partial charge on any atom is 0.265 e. The van der Waals surface area contributed by atoms with E-state index in [0.717, 1.165) is 0 Å². The Morgan fingerprint density at radius 1 is 0.839 bits per heavy atom. The van der Waals surface area contributed by atoms with Crippen LogP contribution < -0.4 is 24.8 Å². The summed E-state index contributed by atoms with van der Waals surface area (Å²) >= 11 is 0. The first kappa shape index (κ1) is 20.3. The second kappa shape index (κ2) is 9.21. The van der Waals surface area contributed by atoms with Crippen molar-refractivity contribution in [2.45, 2.75) is 13.0 Å². The predicted molar refractivity (Wildman–Crippen MR) is 117 cm³/mol. The van der Waals surface area contributed by atoms with Crippen molar-refractivity contribution in [3.05, 3.63) is 78.4 Å². The van der Waals surface area contributed by atoms with Gasteiger partial charge in [-0.15, -0.1) is 0 Å². The molecule has 0 spiro atoms. The number of carbonyl (C=O) groups is 2. The van der Waals surface area contributed by atoms with Crippen LogP contribution in [0.1, 0.15) is 17.3 Å². The highest BCUT2D eigenvalue weighted by atomic mass is 16.6. The van der Waals surface area contributed by atoms with E-state index in [9.17, 15) is 9.59 Å². The van der Waals surface area contributed by atoms with Gasteiger partial charge in [0.2, 0.25) is 0 Å². The summed E-state index contributed by atoms with van der Waals surface area (Å²) in [5.74, 6) is 1.29. The molecule has 2 N–H and O–H groups in total. The fourth-order valence-electron chi connectivity index (χ4n) is 3.03. The molecule has 1 aliphatic rings.